The van der Waals surface area contributed by atoms with E-state index in [-0.39, 0.29) is 31.1 Å². The van der Waals surface area contributed by atoms with Gasteiger partial charge in [-0.15, -0.1) is 0 Å². The van der Waals surface area contributed by atoms with Crippen LogP contribution in [-0.4, -0.2) is 36.1 Å². The molecular formula is C24H24N2O6. The maximum atomic E-state index is 12.4. The minimum atomic E-state index is -0.495. The molecule has 8 heteroatoms. The lowest BCUT2D eigenvalue weighted by Crippen LogP contribution is -2.08. The summed E-state index contributed by atoms with van der Waals surface area (Å²) in [5, 5.41) is 3.91. The molecule has 0 spiro atoms. The molecule has 0 saturated carbocycles. The molecule has 1 aliphatic carbocycles. The molecule has 1 aromatic heterocycles. The van der Waals surface area contributed by atoms with Gasteiger partial charge in [-0.1, -0.05) is 17.3 Å². The van der Waals surface area contributed by atoms with Gasteiger partial charge in [0.25, 0.3) is 5.89 Å². The summed E-state index contributed by atoms with van der Waals surface area (Å²) < 4.78 is 20.8. The van der Waals surface area contributed by atoms with Crippen molar-refractivity contribution in [3.8, 4) is 22.9 Å². The van der Waals surface area contributed by atoms with Crippen LogP contribution in [0.15, 0.2) is 40.9 Å². The van der Waals surface area contributed by atoms with Crippen LogP contribution in [-0.2, 0) is 29.0 Å². The Morgan fingerprint density at radius 2 is 1.78 bits per heavy atom. The standard InChI is InChI=1S/C24H24N2O6/c1-29-20-10-8-18(13-21(20)30-2)24-25-22(32-26-24)14-31-23(28)11-9-19(27)17-7-6-15-4-3-5-16(15)12-17/h6-8,10,12-13H,3-5,9,11,14H2,1-2H3. The number of fused-ring (bicyclic) bond motifs is 1. The van der Waals surface area contributed by atoms with Gasteiger partial charge in [0, 0.05) is 17.5 Å². The van der Waals surface area contributed by atoms with Crippen molar-refractivity contribution >= 4 is 11.8 Å². The van der Waals surface area contributed by atoms with Gasteiger partial charge < -0.3 is 18.7 Å². The van der Waals surface area contributed by atoms with Gasteiger partial charge >= 0.3 is 5.97 Å². The number of ketones is 1. The fourth-order valence-corrected chi connectivity index (χ4v) is 3.73. The highest BCUT2D eigenvalue weighted by atomic mass is 16.6. The average Bonchev–Trinajstić information content (AvgIpc) is 3.49. The molecule has 0 fully saturated rings. The lowest BCUT2D eigenvalue weighted by Gasteiger charge is -2.07. The lowest BCUT2D eigenvalue weighted by molar-refractivity contribution is -0.145. The number of aryl methyl sites for hydroxylation is 2. The van der Waals surface area contributed by atoms with Gasteiger partial charge in [0.15, 0.2) is 23.9 Å². The monoisotopic (exact) mass is 436 g/mol. The van der Waals surface area contributed by atoms with Crippen molar-refractivity contribution in [3.63, 3.8) is 0 Å². The summed E-state index contributed by atoms with van der Waals surface area (Å²) in [6, 6.07) is 11.0. The van der Waals surface area contributed by atoms with Crippen LogP contribution in [0.2, 0.25) is 0 Å². The quantitative estimate of drug-likeness (QED) is 0.367. The van der Waals surface area contributed by atoms with Crippen molar-refractivity contribution in [1.29, 1.82) is 0 Å². The summed E-state index contributed by atoms with van der Waals surface area (Å²) in [6.45, 7) is -0.161. The molecule has 1 heterocycles. The van der Waals surface area contributed by atoms with Gasteiger partial charge in [-0.2, -0.15) is 4.98 Å². The van der Waals surface area contributed by atoms with E-state index in [1.54, 1.807) is 25.3 Å². The Bertz CT molecular complexity index is 1140. The number of benzene rings is 2. The van der Waals surface area contributed by atoms with E-state index in [9.17, 15) is 9.59 Å². The maximum Gasteiger partial charge on any atom is 0.306 e. The number of methoxy groups -OCH3 is 2. The number of carbonyl (C=O) groups is 2. The Morgan fingerprint density at radius 1 is 0.969 bits per heavy atom. The molecule has 1 aliphatic rings. The first-order valence-corrected chi connectivity index (χ1v) is 10.4. The third-order valence-electron chi connectivity index (χ3n) is 5.44. The Balaban J connectivity index is 1.28. The van der Waals surface area contributed by atoms with Gasteiger partial charge in [-0.25, -0.2) is 0 Å². The van der Waals surface area contributed by atoms with Crippen molar-refractivity contribution in [2.75, 3.05) is 14.2 Å². The molecule has 0 bridgehead atoms. The predicted molar refractivity (Wildman–Crippen MR) is 115 cm³/mol. The van der Waals surface area contributed by atoms with Crippen LogP contribution in [0.25, 0.3) is 11.4 Å². The number of hydrogen-bond donors (Lipinski definition) is 0. The Morgan fingerprint density at radius 3 is 2.59 bits per heavy atom. The van der Waals surface area contributed by atoms with Crippen molar-refractivity contribution in [2.24, 2.45) is 0 Å². The molecule has 4 rings (SSSR count). The molecule has 0 saturated heterocycles. The molecule has 8 nitrogen and oxygen atoms in total. The van der Waals surface area contributed by atoms with Gasteiger partial charge in [0.05, 0.1) is 20.6 Å². The molecule has 3 aromatic rings. The van der Waals surface area contributed by atoms with Crippen molar-refractivity contribution in [1.82, 2.24) is 10.1 Å². The van der Waals surface area contributed by atoms with Crippen LogP contribution in [0.3, 0.4) is 0 Å². The second-order valence-corrected chi connectivity index (χ2v) is 7.50. The largest absolute Gasteiger partial charge is 0.493 e. The van der Waals surface area contributed by atoms with E-state index in [2.05, 4.69) is 10.1 Å². The fraction of sp³-hybridized carbons (Fsp3) is 0.333. The molecule has 0 amide bonds. The summed E-state index contributed by atoms with van der Waals surface area (Å²) >= 11 is 0. The number of hydrogen-bond acceptors (Lipinski definition) is 8. The number of nitrogens with zero attached hydrogens (tertiary/aromatic N) is 2. The van der Waals surface area contributed by atoms with E-state index in [1.165, 1.54) is 18.2 Å². The van der Waals surface area contributed by atoms with Crippen LogP contribution in [0.1, 0.15) is 46.6 Å². The number of esters is 1. The number of rotatable bonds is 9. The average molecular weight is 436 g/mol. The summed E-state index contributed by atoms with van der Waals surface area (Å²) in [7, 11) is 3.09. The summed E-state index contributed by atoms with van der Waals surface area (Å²) in [6.07, 6.45) is 3.29. The number of carbonyl (C=O) groups excluding carboxylic acids is 2. The number of Topliss-reactive ketones (excluding diaryl/α,β-unsaturated/α-hetero) is 1. The highest BCUT2D eigenvalue weighted by molar-refractivity contribution is 5.97. The zero-order valence-corrected chi connectivity index (χ0v) is 18.1. The van der Waals surface area contributed by atoms with E-state index in [1.807, 2.05) is 18.2 Å². The first-order chi connectivity index (χ1) is 15.6. The van der Waals surface area contributed by atoms with Crippen LogP contribution in [0.4, 0.5) is 0 Å². The molecule has 0 N–H and O–H groups in total. The number of ether oxygens (including phenoxy) is 3. The molecular weight excluding hydrogens is 412 g/mol. The second-order valence-electron chi connectivity index (χ2n) is 7.50. The smallest absolute Gasteiger partial charge is 0.306 e. The first kappa shape index (κ1) is 21.5. The third-order valence-corrected chi connectivity index (χ3v) is 5.44. The number of aromatic nitrogens is 2. The van der Waals surface area contributed by atoms with Crippen LogP contribution >= 0.6 is 0 Å². The van der Waals surface area contributed by atoms with Crippen LogP contribution in [0.5, 0.6) is 11.5 Å². The first-order valence-electron chi connectivity index (χ1n) is 10.4. The lowest BCUT2D eigenvalue weighted by atomic mass is 10.0. The van der Waals surface area contributed by atoms with Crippen LogP contribution < -0.4 is 9.47 Å². The van der Waals surface area contributed by atoms with E-state index in [0.717, 1.165) is 19.3 Å². The van der Waals surface area contributed by atoms with E-state index < -0.39 is 5.97 Å². The predicted octanol–water partition coefficient (Wildman–Crippen LogP) is 3.95. The van der Waals surface area contributed by atoms with Crippen LogP contribution in [0, 0.1) is 0 Å². The van der Waals surface area contributed by atoms with E-state index >= 15 is 0 Å². The molecule has 0 aliphatic heterocycles. The summed E-state index contributed by atoms with van der Waals surface area (Å²) in [4.78, 5) is 28.7. The highest BCUT2D eigenvalue weighted by Crippen LogP contribution is 2.31. The van der Waals surface area contributed by atoms with E-state index in [0.29, 0.717) is 28.5 Å². The van der Waals surface area contributed by atoms with Gasteiger partial charge in [-0.3, -0.25) is 9.59 Å². The summed E-state index contributed by atoms with van der Waals surface area (Å²) in [5.74, 6) is 1.06. The topological polar surface area (TPSA) is 101 Å². The molecule has 0 radical (unpaired) electrons. The fourth-order valence-electron chi connectivity index (χ4n) is 3.73. The molecule has 32 heavy (non-hydrogen) atoms. The molecule has 0 unspecified atom stereocenters. The minimum absolute atomic E-state index is 0.00735. The van der Waals surface area contributed by atoms with E-state index in [4.69, 9.17) is 18.7 Å². The summed E-state index contributed by atoms with van der Waals surface area (Å²) in [5.41, 5.74) is 3.87. The van der Waals surface area contributed by atoms with Gasteiger partial charge in [-0.05, 0) is 54.7 Å². The molecule has 0 atom stereocenters. The maximum absolute atomic E-state index is 12.4. The van der Waals surface area contributed by atoms with Crippen molar-refractivity contribution in [3.05, 3.63) is 59.0 Å². The molecule has 2 aromatic carbocycles. The van der Waals surface area contributed by atoms with Crippen molar-refractivity contribution in [2.45, 2.75) is 38.7 Å². The van der Waals surface area contributed by atoms with Gasteiger partial charge in [0.2, 0.25) is 5.82 Å². The Labute approximate surface area is 185 Å². The SMILES string of the molecule is COc1ccc(-c2noc(COC(=O)CCC(=O)c3ccc4c(c3)CCC4)n2)cc1OC. The Kier molecular flexibility index (Phi) is 6.49. The zero-order valence-electron chi connectivity index (χ0n) is 18.1. The van der Waals surface area contributed by atoms with Gasteiger partial charge in [0.1, 0.15) is 0 Å². The Hall–Kier alpha value is -3.68. The minimum Gasteiger partial charge on any atom is -0.493 e. The second kappa shape index (κ2) is 9.64. The molecule has 166 valence electrons. The normalized spacial score (nSPS) is 12.3. The highest BCUT2D eigenvalue weighted by Gasteiger charge is 2.17. The van der Waals surface area contributed by atoms with Crippen molar-refractivity contribution < 1.29 is 28.3 Å². The third kappa shape index (κ3) is 4.80. The zero-order chi connectivity index (χ0) is 22.5.